The highest BCUT2D eigenvalue weighted by molar-refractivity contribution is 5.99. The molecule has 0 spiro atoms. The minimum Gasteiger partial charge on any atom is -0.366 e. The Bertz CT molecular complexity index is 949. The molecule has 3 aliphatic heterocycles. The van der Waals surface area contributed by atoms with E-state index in [4.69, 9.17) is 10.5 Å². The van der Waals surface area contributed by atoms with E-state index >= 15 is 0 Å². The number of ketones is 1. The van der Waals surface area contributed by atoms with E-state index in [0.717, 1.165) is 32.5 Å². The van der Waals surface area contributed by atoms with Gasteiger partial charge in [0.05, 0.1) is 6.04 Å². The molecule has 2 amide bonds. The van der Waals surface area contributed by atoms with Crippen LogP contribution in [0.15, 0.2) is 24.3 Å². The second kappa shape index (κ2) is 11.0. The third-order valence-corrected chi connectivity index (χ3v) is 7.70. The molecule has 198 valence electrons. The standard InChI is InChI=1S/C28H42N4O4/c1-5-12-31-13-10-19(11-14-31)18-6-8-20(9-7-18)26(34)30-22(15-28(2,3)4)27(35)32-16-21(29)25-24(32)23(33)17-36-25/h6-9,19,21-22,24-25H,5,10-17,29H2,1-4H3,(H,30,34)/t21-,22-,24+,25+/m0/s1. The van der Waals surface area contributed by atoms with Crippen LogP contribution in [0.1, 0.15) is 75.2 Å². The first kappa shape index (κ1) is 26.8. The summed E-state index contributed by atoms with van der Waals surface area (Å²) in [5.74, 6) is -0.159. The number of nitrogens with zero attached hydrogens (tertiary/aromatic N) is 2. The Hall–Kier alpha value is -2.29. The van der Waals surface area contributed by atoms with Crippen molar-refractivity contribution in [1.29, 1.82) is 0 Å². The number of ether oxygens (including phenoxy) is 1. The van der Waals surface area contributed by atoms with Crippen molar-refractivity contribution in [1.82, 2.24) is 15.1 Å². The molecule has 0 bridgehead atoms. The van der Waals surface area contributed by atoms with E-state index in [0.29, 0.717) is 17.9 Å². The summed E-state index contributed by atoms with van der Waals surface area (Å²) in [5, 5.41) is 2.97. The van der Waals surface area contributed by atoms with E-state index in [9.17, 15) is 14.4 Å². The highest BCUT2D eigenvalue weighted by atomic mass is 16.5. The molecule has 0 radical (unpaired) electrons. The monoisotopic (exact) mass is 498 g/mol. The minimum absolute atomic E-state index is 0.0207. The van der Waals surface area contributed by atoms with Gasteiger partial charge in [-0.05, 0) is 74.3 Å². The van der Waals surface area contributed by atoms with Crippen molar-refractivity contribution in [3.05, 3.63) is 35.4 Å². The third kappa shape index (κ3) is 5.98. The zero-order valence-corrected chi connectivity index (χ0v) is 22.2. The van der Waals surface area contributed by atoms with Gasteiger partial charge in [0.25, 0.3) is 5.91 Å². The number of likely N-dealkylation sites (tertiary alicyclic amines) is 2. The number of Topliss-reactive ketones (excluding diaryl/α,β-unsaturated/α-hetero) is 1. The Morgan fingerprint density at radius 2 is 1.83 bits per heavy atom. The molecule has 0 aliphatic carbocycles. The Morgan fingerprint density at radius 3 is 2.44 bits per heavy atom. The first-order chi connectivity index (χ1) is 17.1. The number of benzene rings is 1. The molecule has 0 unspecified atom stereocenters. The van der Waals surface area contributed by atoms with Gasteiger partial charge in [-0.15, -0.1) is 0 Å². The molecule has 8 nitrogen and oxygen atoms in total. The number of fused-ring (bicyclic) bond motifs is 1. The summed E-state index contributed by atoms with van der Waals surface area (Å²) < 4.78 is 5.53. The van der Waals surface area contributed by atoms with Crippen molar-refractivity contribution >= 4 is 17.6 Å². The lowest BCUT2D eigenvalue weighted by molar-refractivity contribution is -0.138. The number of carbonyl (C=O) groups is 3. The molecule has 3 N–H and O–H groups in total. The minimum atomic E-state index is -0.751. The van der Waals surface area contributed by atoms with E-state index in [2.05, 4.69) is 17.1 Å². The zero-order valence-electron chi connectivity index (χ0n) is 22.2. The average molecular weight is 499 g/mol. The van der Waals surface area contributed by atoms with Crippen molar-refractivity contribution in [2.75, 3.05) is 32.8 Å². The van der Waals surface area contributed by atoms with Gasteiger partial charge in [0.1, 0.15) is 24.8 Å². The highest BCUT2D eigenvalue weighted by Crippen LogP contribution is 2.30. The molecular formula is C28H42N4O4. The van der Waals surface area contributed by atoms with E-state index in [1.807, 2.05) is 45.0 Å². The molecule has 0 saturated carbocycles. The number of carbonyl (C=O) groups excluding carboxylic acids is 3. The molecule has 3 saturated heterocycles. The van der Waals surface area contributed by atoms with Gasteiger partial charge in [0.15, 0.2) is 5.78 Å². The lowest BCUT2D eigenvalue weighted by Crippen LogP contribution is -2.53. The topological polar surface area (TPSA) is 105 Å². The number of amides is 2. The summed E-state index contributed by atoms with van der Waals surface area (Å²) in [6.45, 7) is 11.9. The molecule has 3 fully saturated rings. The van der Waals surface area contributed by atoms with E-state index < -0.39 is 24.2 Å². The largest absolute Gasteiger partial charge is 0.366 e. The molecule has 3 aliphatic rings. The number of hydrogen-bond acceptors (Lipinski definition) is 6. The van der Waals surface area contributed by atoms with Gasteiger partial charge in [-0.3, -0.25) is 14.4 Å². The molecule has 3 heterocycles. The lowest BCUT2D eigenvalue weighted by atomic mass is 9.87. The molecular weight excluding hydrogens is 456 g/mol. The second-order valence-corrected chi connectivity index (χ2v) is 11.9. The fourth-order valence-electron chi connectivity index (χ4n) is 5.89. The maximum atomic E-state index is 13.6. The van der Waals surface area contributed by atoms with Crippen molar-refractivity contribution in [2.24, 2.45) is 11.1 Å². The summed E-state index contributed by atoms with van der Waals surface area (Å²) in [4.78, 5) is 43.3. The van der Waals surface area contributed by atoms with Crippen molar-refractivity contribution in [3.8, 4) is 0 Å². The summed E-state index contributed by atoms with van der Waals surface area (Å²) in [5.41, 5.74) is 7.76. The van der Waals surface area contributed by atoms with E-state index in [1.54, 1.807) is 0 Å². The molecule has 36 heavy (non-hydrogen) atoms. The van der Waals surface area contributed by atoms with Crippen LogP contribution in [0.4, 0.5) is 0 Å². The molecule has 8 heteroatoms. The Morgan fingerprint density at radius 1 is 1.17 bits per heavy atom. The highest BCUT2D eigenvalue weighted by Gasteiger charge is 2.52. The van der Waals surface area contributed by atoms with Gasteiger partial charge in [0.2, 0.25) is 5.91 Å². The van der Waals surface area contributed by atoms with Crippen LogP contribution in [0.25, 0.3) is 0 Å². The Balaban J connectivity index is 1.43. The van der Waals surface area contributed by atoms with Gasteiger partial charge < -0.3 is 25.6 Å². The number of piperidine rings is 1. The van der Waals surface area contributed by atoms with Crippen LogP contribution in [0.2, 0.25) is 0 Å². The van der Waals surface area contributed by atoms with Crippen LogP contribution in [0.3, 0.4) is 0 Å². The Kier molecular flexibility index (Phi) is 8.17. The van der Waals surface area contributed by atoms with Gasteiger partial charge in [-0.25, -0.2) is 0 Å². The van der Waals surface area contributed by atoms with Crippen LogP contribution < -0.4 is 11.1 Å². The van der Waals surface area contributed by atoms with Gasteiger partial charge >= 0.3 is 0 Å². The third-order valence-electron chi connectivity index (χ3n) is 7.70. The van der Waals surface area contributed by atoms with Crippen LogP contribution in [-0.2, 0) is 14.3 Å². The van der Waals surface area contributed by atoms with Crippen molar-refractivity contribution in [3.63, 3.8) is 0 Å². The first-order valence-electron chi connectivity index (χ1n) is 13.4. The molecule has 4 atom stereocenters. The number of hydrogen-bond donors (Lipinski definition) is 2. The average Bonchev–Trinajstić information content (AvgIpc) is 3.38. The maximum absolute atomic E-state index is 13.6. The fourth-order valence-corrected chi connectivity index (χ4v) is 5.89. The van der Waals surface area contributed by atoms with E-state index in [1.165, 1.54) is 16.9 Å². The summed E-state index contributed by atoms with van der Waals surface area (Å²) >= 11 is 0. The summed E-state index contributed by atoms with van der Waals surface area (Å²) in [6, 6.07) is 6.00. The van der Waals surface area contributed by atoms with Gasteiger partial charge in [-0.1, -0.05) is 39.8 Å². The molecule has 1 aromatic rings. The zero-order chi connectivity index (χ0) is 26.0. The van der Waals surface area contributed by atoms with Crippen molar-refractivity contribution < 1.29 is 19.1 Å². The summed E-state index contributed by atoms with van der Waals surface area (Å²) in [7, 11) is 0. The van der Waals surface area contributed by atoms with Crippen LogP contribution in [-0.4, -0.2) is 84.4 Å². The first-order valence-corrected chi connectivity index (χ1v) is 13.4. The SMILES string of the molecule is CCCN1CCC(c2ccc(C(=O)N[C@@H](CC(C)(C)C)C(=O)N3C[C@H](N)[C@H]4OCC(=O)[C@H]43)cc2)CC1. The Labute approximate surface area is 214 Å². The molecule has 1 aromatic carbocycles. The normalized spacial score (nSPS) is 26.2. The lowest BCUT2D eigenvalue weighted by Gasteiger charge is -2.32. The molecule has 4 rings (SSSR count). The number of nitrogens with one attached hydrogen (secondary N) is 1. The maximum Gasteiger partial charge on any atom is 0.251 e. The summed E-state index contributed by atoms with van der Waals surface area (Å²) in [6.07, 6.45) is 3.44. The predicted molar refractivity (Wildman–Crippen MR) is 139 cm³/mol. The number of rotatable bonds is 7. The molecule has 0 aromatic heterocycles. The number of nitrogens with two attached hydrogens (primary N) is 1. The van der Waals surface area contributed by atoms with Crippen LogP contribution in [0, 0.1) is 5.41 Å². The second-order valence-electron chi connectivity index (χ2n) is 11.9. The van der Waals surface area contributed by atoms with Crippen molar-refractivity contribution in [2.45, 2.75) is 83.5 Å². The van der Waals surface area contributed by atoms with Gasteiger partial charge in [0, 0.05) is 12.1 Å². The quantitative estimate of drug-likeness (QED) is 0.598. The predicted octanol–water partition coefficient (Wildman–Crippen LogP) is 2.32. The fraction of sp³-hybridized carbons (Fsp3) is 0.679. The van der Waals surface area contributed by atoms with Gasteiger partial charge in [-0.2, -0.15) is 0 Å². The van der Waals surface area contributed by atoms with Crippen LogP contribution in [0.5, 0.6) is 0 Å². The smallest absolute Gasteiger partial charge is 0.251 e. The van der Waals surface area contributed by atoms with Crippen LogP contribution >= 0.6 is 0 Å². The van der Waals surface area contributed by atoms with E-state index in [-0.39, 0.29) is 36.2 Å².